The van der Waals surface area contributed by atoms with Gasteiger partial charge in [0.15, 0.2) is 0 Å². The summed E-state index contributed by atoms with van der Waals surface area (Å²) in [7, 11) is 0. The molecule has 0 radical (unpaired) electrons. The lowest BCUT2D eigenvalue weighted by molar-refractivity contribution is -0.132. The quantitative estimate of drug-likeness (QED) is 0.794. The van der Waals surface area contributed by atoms with Crippen LogP contribution in [0.4, 0.5) is 0 Å². The summed E-state index contributed by atoms with van der Waals surface area (Å²) in [6.45, 7) is 3.94. The summed E-state index contributed by atoms with van der Waals surface area (Å²) >= 11 is 0. The molecule has 4 heteroatoms. The molecule has 0 aromatic carbocycles. The van der Waals surface area contributed by atoms with Gasteiger partial charge in [-0.15, -0.1) is 12.4 Å². The van der Waals surface area contributed by atoms with E-state index in [4.69, 9.17) is 0 Å². The maximum absolute atomic E-state index is 12.2. The van der Waals surface area contributed by atoms with Crippen LogP contribution in [0.3, 0.4) is 0 Å². The molecule has 1 amide bonds. The molecule has 2 atom stereocenters. The number of nitrogens with one attached hydrogen (secondary N) is 1. The molecular weight excluding hydrogens is 224 g/mol. The molecule has 0 bridgehead atoms. The van der Waals surface area contributed by atoms with E-state index in [0.717, 1.165) is 44.4 Å². The van der Waals surface area contributed by atoms with Gasteiger partial charge in [-0.2, -0.15) is 0 Å². The molecule has 16 heavy (non-hydrogen) atoms. The van der Waals surface area contributed by atoms with Crippen molar-refractivity contribution in [3.8, 4) is 0 Å². The molecule has 1 aliphatic heterocycles. The van der Waals surface area contributed by atoms with Crippen molar-refractivity contribution in [2.24, 2.45) is 17.8 Å². The zero-order valence-corrected chi connectivity index (χ0v) is 10.5. The summed E-state index contributed by atoms with van der Waals surface area (Å²) in [4.78, 5) is 14.2. The minimum absolute atomic E-state index is 0. The summed E-state index contributed by atoms with van der Waals surface area (Å²) in [6, 6.07) is 0. The van der Waals surface area contributed by atoms with Crippen LogP contribution in [0.2, 0.25) is 0 Å². The molecule has 0 spiro atoms. The lowest BCUT2D eigenvalue weighted by Gasteiger charge is -2.20. The first-order chi connectivity index (χ1) is 7.36. The summed E-state index contributed by atoms with van der Waals surface area (Å²) in [5, 5.41) is 3.34. The lowest BCUT2D eigenvalue weighted by Crippen LogP contribution is -2.35. The van der Waals surface area contributed by atoms with E-state index in [1.54, 1.807) is 0 Å². The van der Waals surface area contributed by atoms with Gasteiger partial charge >= 0.3 is 0 Å². The van der Waals surface area contributed by atoms with Crippen molar-refractivity contribution in [3.63, 3.8) is 0 Å². The van der Waals surface area contributed by atoms with Crippen LogP contribution in [-0.2, 0) is 4.79 Å². The molecule has 3 fully saturated rings. The maximum Gasteiger partial charge on any atom is 0.226 e. The number of hydrogen-bond acceptors (Lipinski definition) is 2. The number of rotatable bonds is 2. The first kappa shape index (κ1) is 12.2. The molecule has 2 saturated carbocycles. The fourth-order valence-corrected chi connectivity index (χ4v) is 2.84. The molecule has 2 unspecified atom stereocenters. The van der Waals surface area contributed by atoms with E-state index in [-0.39, 0.29) is 12.4 Å². The number of halogens is 1. The van der Waals surface area contributed by atoms with Gasteiger partial charge in [0.2, 0.25) is 5.91 Å². The predicted octanol–water partition coefficient (Wildman–Crippen LogP) is 1.28. The van der Waals surface area contributed by atoms with E-state index in [9.17, 15) is 4.79 Å². The highest BCUT2D eigenvalue weighted by Gasteiger charge is 2.52. The van der Waals surface area contributed by atoms with Gasteiger partial charge < -0.3 is 10.2 Å². The van der Waals surface area contributed by atoms with Crippen LogP contribution < -0.4 is 5.32 Å². The minimum Gasteiger partial charge on any atom is -0.341 e. The Hall–Kier alpha value is -0.280. The third-order valence-electron chi connectivity index (χ3n) is 4.04. The van der Waals surface area contributed by atoms with Crippen LogP contribution in [0, 0.1) is 17.8 Å². The zero-order chi connectivity index (χ0) is 10.3. The Morgan fingerprint density at radius 3 is 2.75 bits per heavy atom. The Labute approximate surface area is 103 Å². The lowest BCUT2D eigenvalue weighted by atomic mass is 10.2. The van der Waals surface area contributed by atoms with Crippen molar-refractivity contribution in [3.05, 3.63) is 0 Å². The molecule has 3 aliphatic rings. The highest BCUT2D eigenvalue weighted by Crippen LogP contribution is 2.54. The topological polar surface area (TPSA) is 32.3 Å². The van der Waals surface area contributed by atoms with E-state index in [1.807, 2.05) is 0 Å². The standard InChI is InChI=1S/C12H20N2O.ClH/c15-12(11-8-10(11)9-2-3-9)14-6-1-4-13-5-7-14;/h9-11,13H,1-8H2;1H. The van der Waals surface area contributed by atoms with Crippen molar-refractivity contribution in [2.45, 2.75) is 25.7 Å². The van der Waals surface area contributed by atoms with Crippen molar-refractivity contribution in [1.29, 1.82) is 0 Å². The van der Waals surface area contributed by atoms with Crippen molar-refractivity contribution in [2.75, 3.05) is 26.2 Å². The molecule has 1 saturated heterocycles. The monoisotopic (exact) mass is 244 g/mol. The molecule has 0 aromatic rings. The normalized spacial score (nSPS) is 33.9. The van der Waals surface area contributed by atoms with Crippen LogP contribution in [0.1, 0.15) is 25.7 Å². The summed E-state index contributed by atoms with van der Waals surface area (Å²) < 4.78 is 0. The molecule has 0 aromatic heterocycles. The predicted molar refractivity (Wildman–Crippen MR) is 65.6 cm³/mol. The van der Waals surface area contributed by atoms with Gasteiger partial charge in [-0.1, -0.05) is 0 Å². The second kappa shape index (κ2) is 4.92. The zero-order valence-electron chi connectivity index (χ0n) is 9.65. The van der Waals surface area contributed by atoms with Gasteiger partial charge in [-0.05, 0) is 44.1 Å². The summed E-state index contributed by atoms with van der Waals surface area (Å²) in [5.74, 6) is 2.56. The van der Waals surface area contributed by atoms with Crippen LogP contribution in [0.5, 0.6) is 0 Å². The second-order valence-electron chi connectivity index (χ2n) is 5.27. The third-order valence-corrected chi connectivity index (χ3v) is 4.04. The van der Waals surface area contributed by atoms with E-state index in [1.165, 1.54) is 19.3 Å². The first-order valence-corrected chi connectivity index (χ1v) is 6.36. The molecule has 1 N–H and O–H groups in total. The molecule has 92 valence electrons. The number of hydrogen-bond donors (Lipinski definition) is 1. The average molecular weight is 245 g/mol. The molecule has 3 nitrogen and oxygen atoms in total. The Kier molecular flexibility index (Phi) is 3.75. The molecule has 1 heterocycles. The first-order valence-electron chi connectivity index (χ1n) is 6.36. The number of nitrogens with zero attached hydrogens (tertiary/aromatic N) is 1. The fourth-order valence-electron chi connectivity index (χ4n) is 2.84. The Bertz CT molecular complexity index is 260. The van der Waals surface area contributed by atoms with Crippen molar-refractivity contribution >= 4 is 18.3 Å². The Morgan fingerprint density at radius 1 is 1.19 bits per heavy atom. The number of carbonyl (C=O) groups excluding carboxylic acids is 1. The smallest absolute Gasteiger partial charge is 0.226 e. The summed E-state index contributed by atoms with van der Waals surface area (Å²) in [5.41, 5.74) is 0. The average Bonchev–Trinajstić information content (AvgIpc) is 3.06. The summed E-state index contributed by atoms with van der Waals surface area (Å²) in [6.07, 6.45) is 5.08. The fraction of sp³-hybridized carbons (Fsp3) is 0.917. The number of carbonyl (C=O) groups is 1. The van der Waals surface area contributed by atoms with Crippen molar-refractivity contribution in [1.82, 2.24) is 10.2 Å². The van der Waals surface area contributed by atoms with Gasteiger partial charge in [-0.25, -0.2) is 0 Å². The van der Waals surface area contributed by atoms with E-state index in [0.29, 0.717) is 11.8 Å². The van der Waals surface area contributed by atoms with Crippen LogP contribution in [0.15, 0.2) is 0 Å². The second-order valence-corrected chi connectivity index (χ2v) is 5.27. The largest absolute Gasteiger partial charge is 0.341 e. The van der Waals surface area contributed by atoms with Gasteiger partial charge in [-0.3, -0.25) is 4.79 Å². The SMILES string of the molecule is Cl.O=C(C1CC1C1CC1)N1CCCNCC1. The third kappa shape index (κ3) is 2.51. The van der Waals surface area contributed by atoms with Crippen LogP contribution >= 0.6 is 12.4 Å². The van der Waals surface area contributed by atoms with Crippen molar-refractivity contribution < 1.29 is 4.79 Å². The highest BCUT2D eigenvalue weighted by molar-refractivity contribution is 5.85. The van der Waals surface area contributed by atoms with Gasteiger partial charge in [0.05, 0.1) is 0 Å². The van der Waals surface area contributed by atoms with Crippen LogP contribution in [-0.4, -0.2) is 37.0 Å². The minimum atomic E-state index is 0. The van der Waals surface area contributed by atoms with Gasteiger partial charge in [0.25, 0.3) is 0 Å². The van der Waals surface area contributed by atoms with Gasteiger partial charge in [0, 0.05) is 25.6 Å². The Balaban J connectivity index is 0.000000963. The van der Waals surface area contributed by atoms with E-state index >= 15 is 0 Å². The van der Waals surface area contributed by atoms with E-state index < -0.39 is 0 Å². The highest BCUT2D eigenvalue weighted by atomic mass is 35.5. The number of amides is 1. The maximum atomic E-state index is 12.2. The van der Waals surface area contributed by atoms with Crippen LogP contribution in [0.25, 0.3) is 0 Å². The van der Waals surface area contributed by atoms with Gasteiger partial charge in [0.1, 0.15) is 0 Å². The van der Waals surface area contributed by atoms with E-state index in [2.05, 4.69) is 10.2 Å². The Morgan fingerprint density at radius 2 is 2.00 bits per heavy atom. The molecule has 2 aliphatic carbocycles. The molecule has 3 rings (SSSR count). The molecular formula is C12H21ClN2O.